The summed E-state index contributed by atoms with van der Waals surface area (Å²) >= 11 is 1.22. The molecular formula is C11H13N3O2S2. The maximum Gasteiger partial charge on any atom is 0.265 e. The lowest BCUT2D eigenvalue weighted by atomic mass is 10.1. The number of sulfonamides is 1. The third-order valence-corrected chi connectivity index (χ3v) is 4.89. The quantitative estimate of drug-likeness (QED) is 0.845. The molecule has 7 heteroatoms. The number of thiazole rings is 1. The molecule has 0 aliphatic rings. The van der Waals surface area contributed by atoms with Gasteiger partial charge in [-0.05, 0) is 25.0 Å². The Kier molecular flexibility index (Phi) is 3.27. The van der Waals surface area contributed by atoms with Gasteiger partial charge < -0.3 is 5.73 Å². The first-order chi connectivity index (χ1) is 8.42. The zero-order chi connectivity index (χ0) is 13.3. The highest BCUT2D eigenvalue weighted by molar-refractivity contribution is 7.93. The standard InChI is InChI=1S/C11H13N3O2S2/c1-7-3-4-8(2)10(9(7)12)18(15,16)14-11-13-5-6-17-11/h3-6H,12H2,1-2H3,(H,13,14). The van der Waals surface area contributed by atoms with Crippen molar-refractivity contribution in [2.24, 2.45) is 0 Å². The van der Waals surface area contributed by atoms with Gasteiger partial charge in [0.15, 0.2) is 5.13 Å². The average Bonchev–Trinajstić information content (AvgIpc) is 2.75. The van der Waals surface area contributed by atoms with Crippen LogP contribution in [0.2, 0.25) is 0 Å². The summed E-state index contributed by atoms with van der Waals surface area (Å²) in [7, 11) is -3.69. The first kappa shape index (κ1) is 12.8. The Labute approximate surface area is 110 Å². The molecule has 2 rings (SSSR count). The van der Waals surface area contributed by atoms with E-state index in [2.05, 4.69) is 9.71 Å². The molecule has 1 aromatic carbocycles. The first-order valence-electron chi connectivity index (χ1n) is 5.20. The SMILES string of the molecule is Cc1ccc(C)c(S(=O)(=O)Nc2nccs2)c1N. The summed E-state index contributed by atoms with van der Waals surface area (Å²) in [5.41, 5.74) is 7.49. The minimum Gasteiger partial charge on any atom is -0.397 e. The van der Waals surface area contributed by atoms with Crippen molar-refractivity contribution in [3.63, 3.8) is 0 Å². The molecule has 0 saturated carbocycles. The van der Waals surface area contributed by atoms with Crippen molar-refractivity contribution in [3.05, 3.63) is 34.8 Å². The lowest BCUT2D eigenvalue weighted by molar-refractivity contribution is 0.601. The number of anilines is 2. The van der Waals surface area contributed by atoms with E-state index in [1.54, 1.807) is 31.4 Å². The van der Waals surface area contributed by atoms with Crippen molar-refractivity contribution >= 4 is 32.2 Å². The Bertz CT molecular complexity index is 664. The van der Waals surface area contributed by atoms with Gasteiger partial charge in [-0.1, -0.05) is 12.1 Å². The number of aryl methyl sites for hydroxylation is 2. The van der Waals surface area contributed by atoms with E-state index >= 15 is 0 Å². The Morgan fingerprint density at radius 1 is 1.28 bits per heavy atom. The fraction of sp³-hybridized carbons (Fsp3) is 0.182. The third kappa shape index (κ3) is 2.32. The smallest absolute Gasteiger partial charge is 0.265 e. The molecule has 0 aliphatic carbocycles. The van der Waals surface area contributed by atoms with Gasteiger partial charge >= 0.3 is 0 Å². The van der Waals surface area contributed by atoms with Crippen molar-refractivity contribution in [1.82, 2.24) is 4.98 Å². The fourth-order valence-electron chi connectivity index (χ4n) is 1.60. The van der Waals surface area contributed by atoms with Gasteiger partial charge in [-0.3, -0.25) is 4.72 Å². The second kappa shape index (κ2) is 4.58. The van der Waals surface area contributed by atoms with Gasteiger partial charge in [-0.2, -0.15) is 0 Å². The molecule has 1 heterocycles. The van der Waals surface area contributed by atoms with Crippen LogP contribution in [0.3, 0.4) is 0 Å². The van der Waals surface area contributed by atoms with Crippen LogP contribution >= 0.6 is 11.3 Å². The third-order valence-electron chi connectivity index (χ3n) is 2.53. The van der Waals surface area contributed by atoms with Crippen LogP contribution in [0, 0.1) is 13.8 Å². The predicted molar refractivity (Wildman–Crippen MR) is 73.3 cm³/mol. The van der Waals surface area contributed by atoms with Gasteiger partial charge in [-0.25, -0.2) is 13.4 Å². The highest BCUT2D eigenvalue weighted by atomic mass is 32.2. The summed E-state index contributed by atoms with van der Waals surface area (Å²) in [6.07, 6.45) is 1.54. The number of rotatable bonds is 3. The number of nitrogens with zero attached hydrogens (tertiary/aromatic N) is 1. The minimum absolute atomic E-state index is 0.123. The van der Waals surface area contributed by atoms with Crippen LogP contribution in [0.15, 0.2) is 28.6 Å². The summed E-state index contributed by atoms with van der Waals surface area (Å²) in [4.78, 5) is 4.02. The van der Waals surface area contributed by atoms with Gasteiger partial charge in [0, 0.05) is 11.6 Å². The van der Waals surface area contributed by atoms with E-state index in [1.165, 1.54) is 17.5 Å². The number of nitrogen functional groups attached to an aromatic ring is 1. The Morgan fingerprint density at radius 2 is 1.94 bits per heavy atom. The molecule has 0 saturated heterocycles. The van der Waals surface area contributed by atoms with Crippen LogP contribution in [0.5, 0.6) is 0 Å². The Morgan fingerprint density at radius 3 is 2.56 bits per heavy atom. The molecule has 5 nitrogen and oxygen atoms in total. The molecule has 96 valence electrons. The Hall–Kier alpha value is -1.60. The van der Waals surface area contributed by atoms with Crippen LogP contribution < -0.4 is 10.5 Å². The summed E-state index contributed by atoms with van der Waals surface area (Å²) in [5.74, 6) is 0. The van der Waals surface area contributed by atoms with E-state index in [9.17, 15) is 8.42 Å². The fourth-order valence-corrected chi connectivity index (χ4v) is 3.82. The highest BCUT2D eigenvalue weighted by Gasteiger charge is 2.22. The summed E-state index contributed by atoms with van der Waals surface area (Å²) in [6.45, 7) is 3.49. The lowest BCUT2D eigenvalue weighted by Crippen LogP contribution is -2.16. The molecule has 18 heavy (non-hydrogen) atoms. The summed E-state index contributed by atoms with van der Waals surface area (Å²) < 4.78 is 27.0. The van der Waals surface area contributed by atoms with Crippen molar-refractivity contribution in [3.8, 4) is 0 Å². The van der Waals surface area contributed by atoms with Crippen molar-refractivity contribution < 1.29 is 8.42 Å². The molecule has 0 fully saturated rings. The van der Waals surface area contributed by atoms with Gasteiger partial charge in [-0.15, -0.1) is 11.3 Å². The van der Waals surface area contributed by atoms with E-state index in [4.69, 9.17) is 5.73 Å². The van der Waals surface area contributed by atoms with E-state index < -0.39 is 10.0 Å². The molecule has 0 bridgehead atoms. The van der Waals surface area contributed by atoms with Gasteiger partial charge in [0.1, 0.15) is 4.90 Å². The predicted octanol–water partition coefficient (Wildman–Crippen LogP) is 2.14. The summed E-state index contributed by atoms with van der Waals surface area (Å²) in [6, 6.07) is 3.54. The largest absolute Gasteiger partial charge is 0.397 e. The molecular weight excluding hydrogens is 270 g/mol. The lowest BCUT2D eigenvalue weighted by Gasteiger charge is -2.12. The maximum atomic E-state index is 12.3. The van der Waals surface area contributed by atoms with Gasteiger partial charge in [0.05, 0.1) is 5.69 Å². The van der Waals surface area contributed by atoms with Crippen molar-refractivity contribution in [2.45, 2.75) is 18.7 Å². The molecule has 0 spiro atoms. The zero-order valence-corrected chi connectivity index (χ0v) is 11.6. The van der Waals surface area contributed by atoms with E-state index in [0.717, 1.165) is 5.56 Å². The number of aromatic nitrogens is 1. The minimum atomic E-state index is -3.69. The normalized spacial score (nSPS) is 11.4. The maximum absolute atomic E-state index is 12.3. The topological polar surface area (TPSA) is 85.1 Å². The zero-order valence-electron chi connectivity index (χ0n) is 9.97. The molecule has 0 atom stereocenters. The van der Waals surface area contributed by atoms with Crippen molar-refractivity contribution in [1.29, 1.82) is 0 Å². The average molecular weight is 283 g/mol. The Balaban J connectivity index is 2.51. The summed E-state index contributed by atoms with van der Waals surface area (Å²) in [5, 5.41) is 2.03. The second-order valence-electron chi connectivity index (χ2n) is 3.88. The molecule has 1 aromatic heterocycles. The second-order valence-corrected chi connectivity index (χ2v) is 6.40. The first-order valence-corrected chi connectivity index (χ1v) is 7.56. The van der Waals surface area contributed by atoms with Crippen molar-refractivity contribution in [2.75, 3.05) is 10.5 Å². The van der Waals surface area contributed by atoms with E-state index in [-0.39, 0.29) is 10.6 Å². The van der Waals surface area contributed by atoms with Crippen LogP contribution in [0.1, 0.15) is 11.1 Å². The number of hydrogen-bond donors (Lipinski definition) is 2. The molecule has 2 aromatic rings. The van der Waals surface area contributed by atoms with Gasteiger partial charge in [0.2, 0.25) is 0 Å². The van der Waals surface area contributed by atoms with Crippen LogP contribution in [0.4, 0.5) is 10.8 Å². The van der Waals surface area contributed by atoms with E-state index in [0.29, 0.717) is 10.7 Å². The van der Waals surface area contributed by atoms with E-state index in [1.807, 2.05) is 0 Å². The van der Waals surface area contributed by atoms with Crippen LogP contribution in [0.25, 0.3) is 0 Å². The molecule has 0 unspecified atom stereocenters. The number of hydrogen-bond acceptors (Lipinski definition) is 5. The number of benzene rings is 1. The van der Waals surface area contributed by atoms with Crippen LogP contribution in [-0.2, 0) is 10.0 Å². The monoisotopic (exact) mass is 283 g/mol. The highest BCUT2D eigenvalue weighted by Crippen LogP contribution is 2.28. The molecule has 3 N–H and O–H groups in total. The molecule has 0 radical (unpaired) electrons. The number of nitrogens with two attached hydrogens (primary N) is 1. The number of nitrogens with one attached hydrogen (secondary N) is 1. The molecule has 0 aliphatic heterocycles. The van der Waals surface area contributed by atoms with Gasteiger partial charge in [0.25, 0.3) is 10.0 Å². The van der Waals surface area contributed by atoms with Crippen LogP contribution in [-0.4, -0.2) is 13.4 Å². The molecule has 0 amide bonds.